The summed E-state index contributed by atoms with van der Waals surface area (Å²) in [4.78, 5) is 14.9. The second-order valence-corrected chi connectivity index (χ2v) is 8.77. The molecule has 1 unspecified atom stereocenters. The van der Waals surface area contributed by atoms with Gasteiger partial charge in [-0.2, -0.15) is 0 Å². The molecule has 1 amide bonds. The van der Waals surface area contributed by atoms with Crippen molar-refractivity contribution >= 4 is 5.91 Å². The lowest BCUT2D eigenvalue weighted by Gasteiger charge is -2.49. The number of piperidine rings is 3. The first kappa shape index (κ1) is 17.9. The normalized spacial score (nSPS) is 32.9. The van der Waals surface area contributed by atoms with Gasteiger partial charge >= 0.3 is 0 Å². The SMILES string of the molecule is CC(C)NC(=O)[C@H]1CN2CC[C@@H]1C[C@@H]2Cn1cc(C2(O)CCCC2)nn1. The summed E-state index contributed by atoms with van der Waals surface area (Å²) in [5.74, 6) is 0.790. The molecule has 1 saturated carbocycles. The molecule has 4 fully saturated rings. The van der Waals surface area contributed by atoms with E-state index < -0.39 is 5.60 Å². The molecule has 1 aliphatic carbocycles. The summed E-state index contributed by atoms with van der Waals surface area (Å²) in [6.07, 6.45) is 7.76. The number of hydrogen-bond donors (Lipinski definition) is 2. The van der Waals surface area contributed by atoms with Crippen molar-refractivity contribution < 1.29 is 9.90 Å². The van der Waals surface area contributed by atoms with E-state index in [0.29, 0.717) is 12.0 Å². The van der Waals surface area contributed by atoms with E-state index in [1.165, 1.54) is 0 Å². The number of amides is 1. The molecule has 4 atom stereocenters. The highest BCUT2D eigenvalue weighted by molar-refractivity contribution is 5.79. The Morgan fingerprint density at radius 3 is 2.85 bits per heavy atom. The number of fused-ring (bicyclic) bond motifs is 3. The quantitative estimate of drug-likeness (QED) is 0.825. The topological polar surface area (TPSA) is 83.3 Å². The number of nitrogens with zero attached hydrogens (tertiary/aromatic N) is 4. The van der Waals surface area contributed by atoms with Crippen LogP contribution < -0.4 is 5.32 Å². The second-order valence-electron chi connectivity index (χ2n) is 8.77. The number of aliphatic hydroxyl groups is 1. The van der Waals surface area contributed by atoms with Crippen LogP contribution in [0.5, 0.6) is 0 Å². The van der Waals surface area contributed by atoms with Crippen LogP contribution in [0.2, 0.25) is 0 Å². The Labute approximate surface area is 155 Å². The van der Waals surface area contributed by atoms with E-state index in [4.69, 9.17) is 0 Å². The third-order valence-corrected chi connectivity index (χ3v) is 6.49. The van der Waals surface area contributed by atoms with E-state index >= 15 is 0 Å². The highest BCUT2D eigenvalue weighted by Crippen LogP contribution is 2.38. The number of rotatable bonds is 5. The molecule has 0 radical (unpaired) electrons. The summed E-state index contributed by atoms with van der Waals surface area (Å²) in [5.41, 5.74) is -0.0513. The number of aromatic nitrogens is 3. The number of carbonyl (C=O) groups excluding carboxylic acids is 1. The molecule has 7 heteroatoms. The highest BCUT2D eigenvalue weighted by Gasteiger charge is 2.43. The van der Waals surface area contributed by atoms with E-state index in [1.807, 2.05) is 24.7 Å². The fraction of sp³-hybridized carbons (Fsp3) is 0.842. The molecule has 26 heavy (non-hydrogen) atoms. The molecule has 4 heterocycles. The molecule has 0 aromatic carbocycles. The maximum absolute atomic E-state index is 12.5. The van der Waals surface area contributed by atoms with Crippen molar-refractivity contribution in [3.05, 3.63) is 11.9 Å². The van der Waals surface area contributed by atoms with Gasteiger partial charge in [-0.1, -0.05) is 18.1 Å². The summed E-state index contributed by atoms with van der Waals surface area (Å²) in [7, 11) is 0. The Morgan fingerprint density at radius 2 is 2.19 bits per heavy atom. The van der Waals surface area contributed by atoms with Crippen molar-refractivity contribution in [3.8, 4) is 0 Å². The van der Waals surface area contributed by atoms with Crippen LogP contribution in [-0.4, -0.2) is 56.1 Å². The smallest absolute Gasteiger partial charge is 0.224 e. The Kier molecular flexibility index (Phi) is 4.77. The zero-order chi connectivity index (χ0) is 18.3. The third-order valence-electron chi connectivity index (χ3n) is 6.49. The van der Waals surface area contributed by atoms with E-state index in [1.54, 1.807) is 0 Å². The van der Waals surface area contributed by atoms with Gasteiger partial charge in [-0.05, 0) is 52.0 Å². The van der Waals surface area contributed by atoms with Crippen LogP contribution in [-0.2, 0) is 16.9 Å². The van der Waals surface area contributed by atoms with Crippen molar-refractivity contribution in [2.24, 2.45) is 11.8 Å². The van der Waals surface area contributed by atoms with Crippen LogP contribution in [0.15, 0.2) is 6.20 Å². The largest absolute Gasteiger partial charge is 0.383 e. The first-order valence-electron chi connectivity index (χ1n) is 10.1. The maximum atomic E-state index is 12.5. The molecule has 1 aromatic heterocycles. The van der Waals surface area contributed by atoms with Gasteiger partial charge in [0.15, 0.2) is 0 Å². The van der Waals surface area contributed by atoms with E-state index in [2.05, 4.69) is 20.5 Å². The second kappa shape index (κ2) is 6.93. The molecular weight excluding hydrogens is 330 g/mol. The van der Waals surface area contributed by atoms with E-state index in [9.17, 15) is 9.90 Å². The van der Waals surface area contributed by atoms with Crippen LogP contribution in [0, 0.1) is 11.8 Å². The average molecular weight is 361 g/mol. The maximum Gasteiger partial charge on any atom is 0.224 e. The van der Waals surface area contributed by atoms with Gasteiger partial charge in [-0.25, -0.2) is 0 Å². The van der Waals surface area contributed by atoms with Crippen molar-refractivity contribution in [2.45, 2.75) is 76.6 Å². The molecule has 2 bridgehead atoms. The lowest BCUT2D eigenvalue weighted by molar-refractivity contribution is -0.133. The summed E-state index contributed by atoms with van der Waals surface area (Å²) < 4.78 is 1.89. The average Bonchev–Trinajstić information content (AvgIpc) is 3.25. The molecular formula is C19H31N5O2. The van der Waals surface area contributed by atoms with Crippen molar-refractivity contribution in [1.82, 2.24) is 25.2 Å². The van der Waals surface area contributed by atoms with Gasteiger partial charge in [0.25, 0.3) is 0 Å². The lowest BCUT2D eigenvalue weighted by atomic mass is 9.75. The fourth-order valence-corrected chi connectivity index (χ4v) is 5.05. The van der Waals surface area contributed by atoms with Crippen molar-refractivity contribution in [3.63, 3.8) is 0 Å². The molecule has 4 aliphatic rings. The molecule has 7 nitrogen and oxygen atoms in total. The first-order chi connectivity index (χ1) is 12.4. The molecule has 144 valence electrons. The minimum atomic E-state index is -0.774. The molecule has 3 aliphatic heterocycles. The molecule has 0 spiro atoms. The van der Waals surface area contributed by atoms with Crippen LogP contribution in [0.3, 0.4) is 0 Å². The van der Waals surface area contributed by atoms with Crippen LogP contribution in [0.1, 0.15) is 58.1 Å². The van der Waals surface area contributed by atoms with Gasteiger partial charge in [-0.3, -0.25) is 14.4 Å². The van der Waals surface area contributed by atoms with Gasteiger partial charge in [0.05, 0.1) is 18.7 Å². The minimum Gasteiger partial charge on any atom is -0.383 e. The Hall–Kier alpha value is -1.47. The summed E-state index contributed by atoms with van der Waals surface area (Å²) in [6.45, 7) is 6.73. The zero-order valence-electron chi connectivity index (χ0n) is 15.9. The Balaban J connectivity index is 1.39. The first-order valence-corrected chi connectivity index (χ1v) is 10.1. The summed E-state index contributed by atoms with van der Waals surface area (Å²) >= 11 is 0. The van der Waals surface area contributed by atoms with E-state index in [0.717, 1.165) is 63.9 Å². The molecule has 3 saturated heterocycles. The molecule has 2 N–H and O–H groups in total. The van der Waals surface area contributed by atoms with E-state index in [-0.39, 0.29) is 17.9 Å². The predicted octanol–water partition coefficient (Wildman–Crippen LogP) is 1.27. The van der Waals surface area contributed by atoms with Gasteiger partial charge in [0, 0.05) is 18.6 Å². The zero-order valence-corrected chi connectivity index (χ0v) is 15.9. The fourth-order valence-electron chi connectivity index (χ4n) is 5.05. The number of carbonyl (C=O) groups is 1. The third kappa shape index (κ3) is 3.39. The van der Waals surface area contributed by atoms with Gasteiger partial charge in [0.2, 0.25) is 5.91 Å². The number of hydrogen-bond acceptors (Lipinski definition) is 5. The van der Waals surface area contributed by atoms with Gasteiger partial charge in [-0.15, -0.1) is 5.10 Å². The van der Waals surface area contributed by atoms with Crippen LogP contribution in [0.25, 0.3) is 0 Å². The Bertz CT molecular complexity index is 652. The highest BCUT2D eigenvalue weighted by atomic mass is 16.3. The van der Waals surface area contributed by atoms with Crippen LogP contribution >= 0.6 is 0 Å². The van der Waals surface area contributed by atoms with Crippen molar-refractivity contribution in [1.29, 1.82) is 0 Å². The number of nitrogens with one attached hydrogen (secondary N) is 1. The summed E-state index contributed by atoms with van der Waals surface area (Å²) in [6, 6.07) is 0.605. The Morgan fingerprint density at radius 1 is 1.42 bits per heavy atom. The van der Waals surface area contributed by atoms with Crippen LogP contribution in [0.4, 0.5) is 0 Å². The minimum absolute atomic E-state index is 0.118. The van der Waals surface area contributed by atoms with Crippen molar-refractivity contribution in [2.75, 3.05) is 13.1 Å². The lowest BCUT2D eigenvalue weighted by Crippen LogP contribution is -2.58. The van der Waals surface area contributed by atoms with Gasteiger partial charge < -0.3 is 10.4 Å². The monoisotopic (exact) mass is 361 g/mol. The van der Waals surface area contributed by atoms with Gasteiger partial charge in [0.1, 0.15) is 11.3 Å². The standard InChI is InChI=1S/C19H31N5O2/c1-13(2)20-18(25)16-11-23-8-5-14(16)9-15(23)10-24-12-17(21-22-24)19(26)6-3-4-7-19/h12-16,26H,3-11H2,1-2H3,(H,20,25)/t14-,15-,16+/m1/s1. The predicted molar refractivity (Wildman–Crippen MR) is 97.2 cm³/mol. The summed E-state index contributed by atoms with van der Waals surface area (Å²) in [5, 5.41) is 22.3. The molecule has 1 aromatic rings. The molecule has 5 rings (SSSR count).